The van der Waals surface area contributed by atoms with Gasteiger partial charge in [0.15, 0.2) is 0 Å². The molecule has 0 radical (unpaired) electrons. The maximum absolute atomic E-state index is 12.7. The third kappa shape index (κ3) is 2.77. The van der Waals surface area contributed by atoms with Gasteiger partial charge in [0.2, 0.25) is 0 Å². The van der Waals surface area contributed by atoms with Crippen LogP contribution in [-0.2, 0) is 10.0 Å². The lowest BCUT2D eigenvalue weighted by Gasteiger charge is -2.34. The van der Waals surface area contributed by atoms with Crippen molar-refractivity contribution in [3.63, 3.8) is 0 Å². The highest BCUT2D eigenvalue weighted by Gasteiger charge is 2.46. The molecule has 0 saturated carbocycles. The smallest absolute Gasteiger partial charge is 0.314 e. The first kappa shape index (κ1) is 15.8. The number of nitrogens with zero attached hydrogens (tertiary/aromatic N) is 2. The Kier molecular flexibility index (Phi) is 3.78. The molecular formula is C15H22N2O3S. The van der Waals surface area contributed by atoms with Gasteiger partial charge in [0, 0.05) is 5.54 Å². The van der Waals surface area contributed by atoms with E-state index in [0.717, 1.165) is 9.87 Å². The Balaban J connectivity index is 2.39. The third-order valence-corrected chi connectivity index (χ3v) is 5.38. The van der Waals surface area contributed by atoms with E-state index < -0.39 is 21.6 Å². The molecule has 1 heterocycles. The van der Waals surface area contributed by atoms with Gasteiger partial charge in [-0.25, -0.2) is 17.5 Å². The molecule has 1 aliphatic rings. The van der Waals surface area contributed by atoms with Gasteiger partial charge < -0.3 is 4.90 Å². The van der Waals surface area contributed by atoms with Crippen LogP contribution in [0.2, 0.25) is 0 Å². The summed E-state index contributed by atoms with van der Waals surface area (Å²) in [6.45, 7) is 9.66. The molecule has 0 bridgehead atoms. The summed E-state index contributed by atoms with van der Waals surface area (Å²) in [5.41, 5.74) is 0.569. The van der Waals surface area contributed by atoms with Crippen molar-refractivity contribution in [2.45, 2.75) is 51.1 Å². The van der Waals surface area contributed by atoms with E-state index in [1.54, 1.807) is 29.2 Å². The summed E-state index contributed by atoms with van der Waals surface area (Å²) in [5.74, 6) is 0. The summed E-state index contributed by atoms with van der Waals surface area (Å²) in [6, 6.07) is 5.97. The molecule has 2 amide bonds. The standard InChI is InChI=1S/C15H22N2O3S/c1-11-6-8-13(9-7-11)21(19,20)16-10-12(2)17(14(16)18)15(3,4)5/h6-9,12H,10H2,1-5H3. The molecule has 1 aliphatic heterocycles. The third-order valence-electron chi connectivity index (χ3n) is 3.62. The molecular weight excluding hydrogens is 288 g/mol. The lowest BCUT2D eigenvalue weighted by molar-refractivity contribution is 0.143. The molecule has 116 valence electrons. The number of aryl methyl sites for hydroxylation is 1. The van der Waals surface area contributed by atoms with Gasteiger partial charge in [0.25, 0.3) is 10.0 Å². The Morgan fingerprint density at radius 2 is 1.67 bits per heavy atom. The van der Waals surface area contributed by atoms with Crippen molar-refractivity contribution < 1.29 is 13.2 Å². The zero-order valence-electron chi connectivity index (χ0n) is 13.1. The first-order valence-corrected chi connectivity index (χ1v) is 8.42. The Hall–Kier alpha value is -1.56. The minimum Gasteiger partial charge on any atom is -0.314 e. The number of sulfonamides is 1. The van der Waals surface area contributed by atoms with Crippen LogP contribution in [0, 0.1) is 6.92 Å². The fourth-order valence-electron chi connectivity index (χ4n) is 2.69. The average molecular weight is 310 g/mol. The highest BCUT2D eigenvalue weighted by atomic mass is 32.2. The largest absolute Gasteiger partial charge is 0.334 e. The lowest BCUT2D eigenvalue weighted by atomic mass is 10.1. The summed E-state index contributed by atoms with van der Waals surface area (Å²) >= 11 is 0. The fourth-order valence-corrected chi connectivity index (χ4v) is 4.13. The summed E-state index contributed by atoms with van der Waals surface area (Å²) in [5, 5.41) is 0. The van der Waals surface area contributed by atoms with Crippen LogP contribution in [0.3, 0.4) is 0 Å². The van der Waals surface area contributed by atoms with Crippen LogP contribution >= 0.6 is 0 Å². The normalized spacial score (nSPS) is 20.2. The minimum absolute atomic E-state index is 0.141. The molecule has 0 aromatic heterocycles. The van der Waals surface area contributed by atoms with E-state index in [0.29, 0.717) is 0 Å². The molecule has 5 nitrogen and oxygen atoms in total. The molecule has 0 aliphatic carbocycles. The molecule has 0 N–H and O–H groups in total. The second-order valence-corrected chi connectivity index (χ2v) is 8.38. The monoisotopic (exact) mass is 310 g/mol. The van der Waals surface area contributed by atoms with Gasteiger partial charge in [0.05, 0.1) is 17.5 Å². The van der Waals surface area contributed by atoms with E-state index in [4.69, 9.17) is 0 Å². The molecule has 1 fully saturated rings. The maximum atomic E-state index is 12.7. The van der Waals surface area contributed by atoms with Crippen molar-refractivity contribution in [2.75, 3.05) is 6.54 Å². The Morgan fingerprint density at radius 1 is 1.14 bits per heavy atom. The lowest BCUT2D eigenvalue weighted by Crippen LogP contribution is -2.47. The van der Waals surface area contributed by atoms with Crippen molar-refractivity contribution in [3.05, 3.63) is 29.8 Å². The summed E-state index contributed by atoms with van der Waals surface area (Å²) in [4.78, 5) is 14.3. The van der Waals surface area contributed by atoms with E-state index in [2.05, 4.69) is 0 Å². The van der Waals surface area contributed by atoms with Crippen LogP contribution in [-0.4, -0.2) is 41.8 Å². The van der Waals surface area contributed by atoms with Gasteiger partial charge in [-0.1, -0.05) is 17.7 Å². The molecule has 1 saturated heterocycles. The zero-order valence-corrected chi connectivity index (χ0v) is 13.9. The summed E-state index contributed by atoms with van der Waals surface area (Å²) in [7, 11) is -3.79. The quantitative estimate of drug-likeness (QED) is 0.843. The second kappa shape index (κ2) is 5.02. The average Bonchev–Trinajstić information content (AvgIpc) is 2.65. The van der Waals surface area contributed by atoms with E-state index in [9.17, 15) is 13.2 Å². The van der Waals surface area contributed by atoms with Gasteiger partial charge in [0.1, 0.15) is 0 Å². The van der Waals surface area contributed by atoms with Crippen molar-refractivity contribution in [3.8, 4) is 0 Å². The molecule has 2 rings (SSSR count). The predicted molar refractivity (Wildman–Crippen MR) is 81.5 cm³/mol. The van der Waals surface area contributed by atoms with Gasteiger partial charge >= 0.3 is 6.03 Å². The topological polar surface area (TPSA) is 57.7 Å². The van der Waals surface area contributed by atoms with Crippen molar-refractivity contribution in [2.24, 2.45) is 0 Å². The second-order valence-electron chi connectivity index (χ2n) is 6.52. The highest BCUT2D eigenvalue weighted by Crippen LogP contribution is 2.29. The predicted octanol–water partition coefficient (Wildman–Crippen LogP) is 2.61. The van der Waals surface area contributed by atoms with Crippen LogP contribution in [0.4, 0.5) is 4.79 Å². The molecule has 1 aromatic rings. The number of hydrogen-bond acceptors (Lipinski definition) is 3. The first-order valence-electron chi connectivity index (χ1n) is 6.98. The van der Waals surface area contributed by atoms with E-state index in [1.807, 2.05) is 34.6 Å². The van der Waals surface area contributed by atoms with Crippen LogP contribution in [0.1, 0.15) is 33.3 Å². The van der Waals surface area contributed by atoms with Crippen molar-refractivity contribution in [1.29, 1.82) is 0 Å². The molecule has 21 heavy (non-hydrogen) atoms. The van der Waals surface area contributed by atoms with Crippen LogP contribution in [0.15, 0.2) is 29.2 Å². The van der Waals surface area contributed by atoms with Gasteiger partial charge in [-0.15, -0.1) is 0 Å². The molecule has 1 aromatic carbocycles. The van der Waals surface area contributed by atoms with E-state index in [1.165, 1.54) is 0 Å². The number of hydrogen-bond donors (Lipinski definition) is 0. The Labute approximate surface area is 126 Å². The SMILES string of the molecule is Cc1ccc(S(=O)(=O)N2CC(C)N(C(C)(C)C)C2=O)cc1. The molecule has 1 atom stereocenters. The van der Waals surface area contributed by atoms with Crippen LogP contribution in [0.25, 0.3) is 0 Å². The van der Waals surface area contributed by atoms with Crippen molar-refractivity contribution in [1.82, 2.24) is 9.21 Å². The summed E-state index contributed by atoms with van der Waals surface area (Å²) in [6.07, 6.45) is 0. The van der Waals surface area contributed by atoms with Crippen molar-refractivity contribution >= 4 is 16.1 Å². The number of rotatable bonds is 2. The van der Waals surface area contributed by atoms with Crippen LogP contribution < -0.4 is 0 Å². The molecule has 1 unspecified atom stereocenters. The van der Waals surface area contributed by atoms with E-state index in [-0.39, 0.29) is 17.5 Å². The first-order chi connectivity index (χ1) is 9.55. The molecule has 0 spiro atoms. The van der Waals surface area contributed by atoms with Gasteiger partial charge in [-0.05, 0) is 46.8 Å². The number of amides is 2. The molecule has 6 heteroatoms. The number of benzene rings is 1. The minimum atomic E-state index is -3.79. The maximum Gasteiger partial charge on any atom is 0.334 e. The highest BCUT2D eigenvalue weighted by molar-refractivity contribution is 7.89. The van der Waals surface area contributed by atoms with Gasteiger partial charge in [-0.3, -0.25) is 0 Å². The van der Waals surface area contributed by atoms with Gasteiger partial charge in [-0.2, -0.15) is 0 Å². The fraction of sp³-hybridized carbons (Fsp3) is 0.533. The van der Waals surface area contributed by atoms with Crippen LogP contribution in [0.5, 0.6) is 0 Å². The van der Waals surface area contributed by atoms with E-state index >= 15 is 0 Å². The summed E-state index contributed by atoms with van der Waals surface area (Å²) < 4.78 is 26.3. The zero-order chi connectivity index (χ0) is 16.0. The number of urea groups is 1. The number of carbonyl (C=O) groups is 1. The number of carbonyl (C=O) groups excluding carboxylic acids is 1. The Bertz CT molecular complexity index is 644. The Morgan fingerprint density at radius 3 is 2.10 bits per heavy atom.